The van der Waals surface area contributed by atoms with Gasteiger partial charge in [0.25, 0.3) is 0 Å². The summed E-state index contributed by atoms with van der Waals surface area (Å²) in [5.41, 5.74) is 2.18. The van der Waals surface area contributed by atoms with E-state index in [1.54, 1.807) is 0 Å². The average molecular weight is 457 g/mol. The van der Waals surface area contributed by atoms with Gasteiger partial charge in [-0.15, -0.1) is 14.5 Å². The van der Waals surface area contributed by atoms with Gasteiger partial charge < -0.3 is 0 Å². The molecule has 2 rings (SSSR count). The molecule has 4 unspecified atom stereocenters. The molecule has 0 aromatic heterocycles. The second-order valence-electron chi connectivity index (χ2n) is 11.1. The van der Waals surface area contributed by atoms with Gasteiger partial charge in [0.2, 0.25) is 0 Å². The summed E-state index contributed by atoms with van der Waals surface area (Å²) >= 11 is 0. The largest absolute Gasteiger partial charge is 0.101 e. The number of hydrogen-bond acceptors (Lipinski definition) is 0. The second-order valence-corrected chi connectivity index (χ2v) is 14.4. The van der Waals surface area contributed by atoms with Crippen LogP contribution in [0.1, 0.15) is 141 Å². The lowest BCUT2D eigenvalue weighted by Gasteiger charge is -2.38. The summed E-state index contributed by atoms with van der Waals surface area (Å²) in [4.78, 5) is 0. The predicted molar refractivity (Wildman–Crippen MR) is 153 cm³/mol. The molecule has 1 heteroatoms. The number of rotatable bonds is 3. The zero-order valence-electron chi connectivity index (χ0n) is 24.7. The van der Waals surface area contributed by atoms with Crippen LogP contribution in [0.25, 0.3) is 0 Å². The summed E-state index contributed by atoms with van der Waals surface area (Å²) < 4.78 is 0. The van der Waals surface area contributed by atoms with Crippen LogP contribution in [-0.2, 0) is 0 Å². The van der Waals surface area contributed by atoms with Crippen LogP contribution in [0.5, 0.6) is 0 Å². The molecule has 0 nitrogen and oxygen atoms in total. The van der Waals surface area contributed by atoms with Crippen molar-refractivity contribution in [2.75, 3.05) is 6.66 Å². The van der Waals surface area contributed by atoms with Crippen molar-refractivity contribution in [2.45, 2.75) is 152 Å². The molecular formula is C30H65P. The van der Waals surface area contributed by atoms with Gasteiger partial charge in [-0.05, 0) is 61.4 Å². The van der Waals surface area contributed by atoms with Crippen LogP contribution in [0.2, 0.25) is 0 Å². The molecule has 0 bridgehead atoms. The van der Waals surface area contributed by atoms with Crippen molar-refractivity contribution in [3.8, 4) is 0 Å². The molecule has 31 heavy (non-hydrogen) atoms. The quantitative estimate of drug-likeness (QED) is 0.292. The van der Waals surface area contributed by atoms with Gasteiger partial charge in [0.1, 0.15) is 0 Å². The maximum absolute atomic E-state index is 3.56. The third kappa shape index (κ3) is 17.3. The fourth-order valence-electron chi connectivity index (χ4n) is 4.91. The van der Waals surface area contributed by atoms with E-state index in [0.717, 1.165) is 29.3 Å². The standard InChI is InChI=1S/C16H33P.C5H10.C4H8.C3H8.C2H6/c1-9-13-14(17(8)16(5,6)7)10-12(4)15(13)11(2)3;1-2-4-5-3-1;1-4(2)3;1-3-2;1-2/h11-15H,9-10H2,1-8H3;1-5H2;1H2,2-3H3;3H2,1-2H3;1-2H3/t12?,13-,14?,15?,17?;;;;/m0..../s1. The Balaban J connectivity index is -0.000000455. The molecule has 0 N–H and O–H groups in total. The molecule has 0 aliphatic heterocycles. The summed E-state index contributed by atoms with van der Waals surface area (Å²) in [7, 11) is 0.154. The number of hydrogen-bond donors (Lipinski definition) is 0. The summed E-state index contributed by atoms with van der Waals surface area (Å²) in [6, 6.07) is 0. The van der Waals surface area contributed by atoms with Crippen LogP contribution in [-0.4, -0.2) is 17.5 Å². The van der Waals surface area contributed by atoms with E-state index in [9.17, 15) is 0 Å². The van der Waals surface area contributed by atoms with Crippen molar-refractivity contribution in [2.24, 2.45) is 23.7 Å². The summed E-state index contributed by atoms with van der Waals surface area (Å²) in [5, 5.41) is 0.527. The van der Waals surface area contributed by atoms with E-state index in [4.69, 9.17) is 0 Å². The minimum absolute atomic E-state index is 0.154. The van der Waals surface area contributed by atoms with Crippen molar-refractivity contribution >= 4 is 7.92 Å². The molecule has 5 atom stereocenters. The lowest BCUT2D eigenvalue weighted by Crippen LogP contribution is -2.26. The topological polar surface area (TPSA) is 0 Å². The van der Waals surface area contributed by atoms with Crippen LogP contribution in [0.15, 0.2) is 12.2 Å². The van der Waals surface area contributed by atoms with Gasteiger partial charge in [-0.25, -0.2) is 0 Å². The van der Waals surface area contributed by atoms with E-state index in [1.165, 1.54) is 56.9 Å². The van der Waals surface area contributed by atoms with Crippen LogP contribution in [0.4, 0.5) is 0 Å². The maximum atomic E-state index is 3.56. The van der Waals surface area contributed by atoms with Gasteiger partial charge in [-0.2, -0.15) is 0 Å². The molecule has 2 aliphatic rings. The molecule has 0 radical (unpaired) electrons. The molecule has 0 amide bonds. The van der Waals surface area contributed by atoms with E-state index < -0.39 is 0 Å². The van der Waals surface area contributed by atoms with E-state index in [-0.39, 0.29) is 7.92 Å². The monoisotopic (exact) mass is 456 g/mol. The van der Waals surface area contributed by atoms with Crippen molar-refractivity contribution < 1.29 is 0 Å². The van der Waals surface area contributed by atoms with Gasteiger partial charge >= 0.3 is 0 Å². The molecule has 190 valence electrons. The van der Waals surface area contributed by atoms with E-state index in [1.807, 2.05) is 27.7 Å². The lowest BCUT2D eigenvalue weighted by molar-refractivity contribution is 0.238. The van der Waals surface area contributed by atoms with Gasteiger partial charge in [0, 0.05) is 0 Å². The lowest BCUT2D eigenvalue weighted by atomic mass is 9.80. The molecule has 2 aliphatic carbocycles. The summed E-state index contributed by atoms with van der Waals surface area (Å²) in [5.74, 6) is 3.76. The third-order valence-electron chi connectivity index (χ3n) is 6.31. The zero-order chi connectivity index (χ0) is 25.2. The van der Waals surface area contributed by atoms with E-state index in [0.29, 0.717) is 5.16 Å². The first kappa shape index (κ1) is 35.8. The van der Waals surface area contributed by atoms with Gasteiger partial charge in [0.15, 0.2) is 0 Å². The Kier molecular flexibility index (Phi) is 23.9. The van der Waals surface area contributed by atoms with Crippen molar-refractivity contribution in [3.63, 3.8) is 0 Å². The first-order valence-electron chi connectivity index (χ1n) is 13.7. The van der Waals surface area contributed by atoms with Crippen molar-refractivity contribution in [1.29, 1.82) is 0 Å². The van der Waals surface area contributed by atoms with Crippen LogP contribution in [0.3, 0.4) is 0 Å². The molecule has 0 heterocycles. The van der Waals surface area contributed by atoms with Crippen LogP contribution >= 0.6 is 7.92 Å². The van der Waals surface area contributed by atoms with Crippen molar-refractivity contribution in [3.05, 3.63) is 12.2 Å². The third-order valence-corrected chi connectivity index (χ3v) is 10.0. The Morgan fingerprint density at radius 1 is 0.935 bits per heavy atom. The minimum atomic E-state index is 0.154. The second kappa shape index (κ2) is 20.8. The maximum Gasteiger partial charge on any atom is -0.0173 e. The normalized spacial score (nSPS) is 25.5. The highest BCUT2D eigenvalue weighted by atomic mass is 31.1. The first-order valence-corrected chi connectivity index (χ1v) is 15.6. The Morgan fingerprint density at radius 2 is 1.26 bits per heavy atom. The SMILES string of the molecule is C1CCCC1.C=C(C)C.CC.CCC.CC[C@@H]1C(C(C)C)C(C)CC1P(C)C(C)(C)C. The van der Waals surface area contributed by atoms with Crippen molar-refractivity contribution in [1.82, 2.24) is 0 Å². The molecule has 0 spiro atoms. The Labute approximate surface area is 202 Å². The summed E-state index contributed by atoms with van der Waals surface area (Å²) in [6.45, 7) is 35.4. The average Bonchev–Trinajstić information content (AvgIpc) is 3.33. The molecule has 0 saturated heterocycles. The van der Waals surface area contributed by atoms with Crippen LogP contribution < -0.4 is 0 Å². The Bertz CT molecular complexity index is 374. The summed E-state index contributed by atoms with van der Waals surface area (Å²) in [6.07, 6.45) is 11.6. The zero-order valence-corrected chi connectivity index (χ0v) is 25.6. The Morgan fingerprint density at radius 3 is 1.48 bits per heavy atom. The van der Waals surface area contributed by atoms with E-state index in [2.05, 4.69) is 75.6 Å². The van der Waals surface area contributed by atoms with Gasteiger partial charge in [0.05, 0.1) is 0 Å². The highest BCUT2D eigenvalue weighted by Gasteiger charge is 2.45. The fourth-order valence-corrected chi connectivity index (χ4v) is 7.54. The molecule has 0 aromatic carbocycles. The predicted octanol–water partition coefficient (Wildman–Crippen LogP) is 11.6. The fraction of sp³-hybridized carbons (Fsp3) is 0.933. The first-order chi connectivity index (χ1) is 14.3. The molecule has 0 aromatic rings. The number of allylic oxidation sites excluding steroid dienone is 1. The molecular weight excluding hydrogens is 391 g/mol. The molecule has 2 saturated carbocycles. The highest BCUT2D eigenvalue weighted by molar-refractivity contribution is 7.59. The minimum Gasteiger partial charge on any atom is -0.101 e. The van der Waals surface area contributed by atoms with Crippen LogP contribution in [0, 0.1) is 23.7 Å². The smallest absolute Gasteiger partial charge is 0.0173 e. The Hall–Kier alpha value is 0.170. The van der Waals surface area contributed by atoms with Gasteiger partial charge in [-0.3, -0.25) is 0 Å². The molecule has 2 fully saturated rings. The van der Waals surface area contributed by atoms with Gasteiger partial charge in [-0.1, -0.05) is 127 Å². The van der Waals surface area contributed by atoms with E-state index >= 15 is 0 Å². The highest BCUT2D eigenvalue weighted by Crippen LogP contribution is 2.61.